The molecule has 0 unspecified atom stereocenters. The Bertz CT molecular complexity index is 1310. The summed E-state index contributed by atoms with van der Waals surface area (Å²) in [5.41, 5.74) is 1.50. The first-order chi connectivity index (χ1) is 19.2. The summed E-state index contributed by atoms with van der Waals surface area (Å²) in [7, 11) is 1.42. The highest BCUT2D eigenvalue weighted by Gasteiger charge is 2.52. The number of rotatable bonds is 7. The standard InChI is InChI=1S/C29H36ClF2N5O3/c1-17-5-3-4-6-18(17)28(39)37-12-9-19-20(30)7-8-23(40-15-21-26(27(31)32)35(2)34-33-21)25(19)22(37)14-36-16-29(10-11-29)13-24(36)38/h7-8,17-18,22,27H,3-6,9-16H2,1-2H3/t17-,18+,22+/m0/s1. The minimum absolute atomic E-state index is 0.0569. The van der Waals surface area contributed by atoms with Crippen LogP contribution in [0.15, 0.2) is 12.1 Å². The molecule has 6 rings (SSSR count). The van der Waals surface area contributed by atoms with Gasteiger partial charge in [0.05, 0.1) is 6.04 Å². The molecule has 0 bridgehead atoms. The molecule has 2 aliphatic carbocycles. The molecule has 11 heteroatoms. The van der Waals surface area contributed by atoms with Gasteiger partial charge in [0, 0.05) is 49.6 Å². The zero-order valence-corrected chi connectivity index (χ0v) is 23.8. The molecule has 0 radical (unpaired) electrons. The van der Waals surface area contributed by atoms with Gasteiger partial charge >= 0.3 is 0 Å². The molecule has 216 valence electrons. The van der Waals surface area contributed by atoms with Gasteiger partial charge in [0.25, 0.3) is 6.43 Å². The van der Waals surface area contributed by atoms with Crippen molar-refractivity contribution < 1.29 is 23.1 Å². The van der Waals surface area contributed by atoms with E-state index in [2.05, 4.69) is 17.2 Å². The predicted octanol–water partition coefficient (Wildman–Crippen LogP) is 5.25. The number of carbonyl (C=O) groups excluding carboxylic acids is 2. The van der Waals surface area contributed by atoms with E-state index in [0.29, 0.717) is 49.2 Å². The van der Waals surface area contributed by atoms with E-state index in [1.54, 1.807) is 12.1 Å². The van der Waals surface area contributed by atoms with Gasteiger partial charge in [-0.1, -0.05) is 36.6 Å². The van der Waals surface area contributed by atoms with Crippen molar-refractivity contribution in [3.05, 3.63) is 39.7 Å². The smallest absolute Gasteiger partial charge is 0.282 e. The van der Waals surface area contributed by atoms with Crippen molar-refractivity contribution in [1.29, 1.82) is 0 Å². The Morgan fingerprint density at radius 2 is 2.02 bits per heavy atom. The Hall–Kier alpha value is -2.75. The zero-order chi connectivity index (χ0) is 28.2. The zero-order valence-electron chi connectivity index (χ0n) is 23.0. The number of amides is 2. The minimum atomic E-state index is -2.74. The summed E-state index contributed by atoms with van der Waals surface area (Å²) < 4.78 is 34.5. The average molecular weight is 576 g/mol. The lowest BCUT2D eigenvalue weighted by Crippen LogP contribution is -2.49. The maximum absolute atomic E-state index is 14.1. The average Bonchev–Trinajstić information content (AvgIpc) is 3.45. The van der Waals surface area contributed by atoms with Gasteiger partial charge in [0.1, 0.15) is 23.7 Å². The Kier molecular flexibility index (Phi) is 7.25. The molecule has 1 aromatic heterocycles. The number of aromatic nitrogens is 3. The van der Waals surface area contributed by atoms with Crippen LogP contribution in [0, 0.1) is 17.3 Å². The molecule has 40 heavy (non-hydrogen) atoms. The highest BCUT2D eigenvalue weighted by molar-refractivity contribution is 6.31. The fourth-order valence-corrected chi connectivity index (χ4v) is 7.31. The second-order valence-electron chi connectivity index (χ2n) is 12.2. The van der Waals surface area contributed by atoms with Gasteiger partial charge in [0.15, 0.2) is 0 Å². The molecular formula is C29H36ClF2N5O3. The minimum Gasteiger partial charge on any atom is -0.487 e. The SMILES string of the molecule is C[C@H]1CCCC[C@H]1C(=O)N1CCc2c(Cl)ccc(OCc3nnn(C)c3C(F)F)c2[C@H]1CN1CC2(CC2)CC1=O. The normalized spacial score (nSPS) is 25.6. The molecule has 3 atom stereocenters. The van der Waals surface area contributed by atoms with Crippen molar-refractivity contribution in [2.45, 2.75) is 77.4 Å². The van der Waals surface area contributed by atoms with E-state index in [-0.39, 0.29) is 41.1 Å². The van der Waals surface area contributed by atoms with Crippen LogP contribution >= 0.6 is 11.6 Å². The number of nitrogens with zero attached hydrogens (tertiary/aromatic N) is 5. The number of benzene rings is 1. The van der Waals surface area contributed by atoms with E-state index < -0.39 is 12.5 Å². The molecule has 2 aliphatic heterocycles. The second-order valence-corrected chi connectivity index (χ2v) is 12.6. The van der Waals surface area contributed by atoms with Gasteiger partial charge in [-0.05, 0) is 61.1 Å². The molecule has 3 fully saturated rings. The van der Waals surface area contributed by atoms with Crippen molar-refractivity contribution in [3.63, 3.8) is 0 Å². The molecule has 1 aromatic carbocycles. The fourth-order valence-electron chi connectivity index (χ4n) is 7.05. The number of likely N-dealkylation sites (tertiary alicyclic amines) is 1. The molecule has 1 spiro atoms. The molecule has 8 nitrogen and oxygen atoms in total. The molecule has 0 N–H and O–H groups in total. The van der Waals surface area contributed by atoms with Crippen LogP contribution in [0.1, 0.15) is 86.9 Å². The van der Waals surface area contributed by atoms with Crippen LogP contribution in [-0.2, 0) is 29.7 Å². The summed E-state index contributed by atoms with van der Waals surface area (Å²) in [5, 5.41) is 8.21. The summed E-state index contributed by atoms with van der Waals surface area (Å²) in [6.07, 6.45) is 4.56. The molecular weight excluding hydrogens is 540 g/mol. The largest absolute Gasteiger partial charge is 0.487 e. The van der Waals surface area contributed by atoms with Crippen LogP contribution in [-0.4, -0.2) is 56.2 Å². The van der Waals surface area contributed by atoms with Crippen LogP contribution in [0.4, 0.5) is 8.78 Å². The molecule has 1 saturated heterocycles. The van der Waals surface area contributed by atoms with Gasteiger partial charge in [-0.15, -0.1) is 5.10 Å². The van der Waals surface area contributed by atoms with E-state index in [4.69, 9.17) is 16.3 Å². The number of fused-ring (bicyclic) bond motifs is 1. The van der Waals surface area contributed by atoms with Crippen molar-refractivity contribution in [2.75, 3.05) is 19.6 Å². The van der Waals surface area contributed by atoms with Crippen molar-refractivity contribution in [3.8, 4) is 5.75 Å². The Morgan fingerprint density at radius 1 is 1.25 bits per heavy atom. The van der Waals surface area contributed by atoms with Crippen LogP contribution < -0.4 is 4.74 Å². The molecule has 4 aliphatic rings. The maximum atomic E-state index is 14.1. The molecule has 2 saturated carbocycles. The summed E-state index contributed by atoms with van der Waals surface area (Å²) in [4.78, 5) is 31.1. The van der Waals surface area contributed by atoms with Gasteiger partial charge in [0.2, 0.25) is 11.8 Å². The van der Waals surface area contributed by atoms with E-state index in [1.165, 1.54) is 7.05 Å². The fraction of sp³-hybridized carbons (Fsp3) is 0.655. The number of aryl methyl sites for hydroxylation is 1. The lowest BCUT2D eigenvalue weighted by Gasteiger charge is -2.43. The summed E-state index contributed by atoms with van der Waals surface area (Å²) in [6, 6.07) is 3.05. The van der Waals surface area contributed by atoms with Crippen molar-refractivity contribution in [2.24, 2.45) is 24.3 Å². The Balaban J connectivity index is 1.35. The van der Waals surface area contributed by atoms with Crippen LogP contribution in [0.25, 0.3) is 0 Å². The third-order valence-corrected chi connectivity index (χ3v) is 9.91. The van der Waals surface area contributed by atoms with E-state index in [9.17, 15) is 18.4 Å². The van der Waals surface area contributed by atoms with Gasteiger partial charge in [-0.3, -0.25) is 9.59 Å². The number of halogens is 3. The van der Waals surface area contributed by atoms with Crippen LogP contribution in [0.5, 0.6) is 5.75 Å². The number of hydrogen-bond acceptors (Lipinski definition) is 5. The van der Waals surface area contributed by atoms with E-state index in [0.717, 1.165) is 54.3 Å². The van der Waals surface area contributed by atoms with Crippen molar-refractivity contribution in [1.82, 2.24) is 24.8 Å². The molecule has 2 amide bonds. The van der Waals surface area contributed by atoms with Gasteiger partial charge in [-0.2, -0.15) is 0 Å². The highest BCUT2D eigenvalue weighted by atomic mass is 35.5. The number of hydrogen-bond donors (Lipinski definition) is 0. The summed E-state index contributed by atoms with van der Waals surface area (Å²) in [5.74, 6) is 0.950. The topological polar surface area (TPSA) is 80.6 Å². The van der Waals surface area contributed by atoms with Crippen LogP contribution in [0.2, 0.25) is 5.02 Å². The predicted molar refractivity (Wildman–Crippen MR) is 144 cm³/mol. The van der Waals surface area contributed by atoms with Crippen LogP contribution in [0.3, 0.4) is 0 Å². The monoisotopic (exact) mass is 575 g/mol. The Labute approximate surface area is 238 Å². The first kappa shape index (κ1) is 27.4. The molecule has 3 heterocycles. The first-order valence-electron chi connectivity index (χ1n) is 14.4. The van der Waals surface area contributed by atoms with E-state index >= 15 is 0 Å². The maximum Gasteiger partial charge on any atom is 0.282 e. The van der Waals surface area contributed by atoms with Crippen molar-refractivity contribution >= 4 is 23.4 Å². The quantitative estimate of drug-likeness (QED) is 0.450. The number of carbonyl (C=O) groups is 2. The highest BCUT2D eigenvalue weighted by Crippen LogP contribution is 2.54. The van der Waals surface area contributed by atoms with E-state index in [1.807, 2.05) is 9.80 Å². The first-order valence-corrected chi connectivity index (χ1v) is 14.7. The number of ether oxygens (including phenoxy) is 1. The van der Waals surface area contributed by atoms with Gasteiger partial charge < -0.3 is 14.5 Å². The lowest BCUT2D eigenvalue weighted by molar-refractivity contribution is -0.143. The molecule has 2 aromatic rings. The number of alkyl halides is 2. The summed E-state index contributed by atoms with van der Waals surface area (Å²) in [6.45, 7) is 3.53. The second kappa shape index (κ2) is 10.6. The summed E-state index contributed by atoms with van der Waals surface area (Å²) >= 11 is 6.70. The van der Waals surface area contributed by atoms with Gasteiger partial charge in [-0.25, -0.2) is 13.5 Å². The Morgan fingerprint density at radius 3 is 2.73 bits per heavy atom. The third-order valence-electron chi connectivity index (χ3n) is 9.55. The lowest BCUT2D eigenvalue weighted by atomic mass is 9.78. The third kappa shape index (κ3) is 4.97.